The molecule has 22 heavy (non-hydrogen) atoms. The third-order valence-electron chi connectivity index (χ3n) is 4.09. The molecule has 3 rings (SSSR count). The van der Waals surface area contributed by atoms with Crippen molar-refractivity contribution in [2.24, 2.45) is 0 Å². The highest BCUT2D eigenvalue weighted by atomic mass is 16.6. The van der Waals surface area contributed by atoms with Gasteiger partial charge in [0.05, 0.1) is 0 Å². The van der Waals surface area contributed by atoms with Crippen LogP contribution in [0.2, 0.25) is 0 Å². The van der Waals surface area contributed by atoms with Crippen LogP contribution in [0.15, 0.2) is 66.7 Å². The van der Waals surface area contributed by atoms with Gasteiger partial charge in [-0.1, -0.05) is 61.5 Å². The molecule has 0 spiro atoms. The zero-order chi connectivity index (χ0) is 15.6. The molecule has 1 N–H and O–H groups in total. The Morgan fingerprint density at radius 2 is 1.68 bits per heavy atom. The van der Waals surface area contributed by atoms with Crippen LogP contribution in [-0.2, 0) is 15.1 Å². The first-order chi connectivity index (χ1) is 10.7. The molecule has 0 unspecified atom stereocenters. The fraction of sp³-hybridized carbons (Fsp3) is 0.211. The molecule has 3 heteroatoms. The van der Waals surface area contributed by atoms with Gasteiger partial charge in [-0.25, -0.2) is 0 Å². The summed E-state index contributed by atoms with van der Waals surface area (Å²) in [6.45, 7) is 1.88. The van der Waals surface area contributed by atoms with E-state index in [-0.39, 0.29) is 5.78 Å². The molecule has 0 fully saturated rings. The van der Waals surface area contributed by atoms with Crippen molar-refractivity contribution < 1.29 is 14.6 Å². The van der Waals surface area contributed by atoms with E-state index in [1.807, 2.05) is 61.5 Å². The Bertz CT molecular complexity index is 688. The molecule has 0 amide bonds. The van der Waals surface area contributed by atoms with Crippen LogP contribution < -0.4 is 0 Å². The Kier molecular flexibility index (Phi) is 3.92. The number of hydrogen-bond donors (Lipinski definition) is 1. The Hall–Kier alpha value is -2.23. The summed E-state index contributed by atoms with van der Waals surface area (Å²) in [6, 6.07) is 17.8. The Labute approximate surface area is 129 Å². The molecule has 0 aliphatic carbocycles. The van der Waals surface area contributed by atoms with Gasteiger partial charge in [-0.15, -0.1) is 0 Å². The molecule has 2 aromatic carbocycles. The zero-order valence-corrected chi connectivity index (χ0v) is 12.4. The van der Waals surface area contributed by atoms with Crippen molar-refractivity contribution in [3.8, 4) is 11.1 Å². The van der Waals surface area contributed by atoms with Gasteiger partial charge >= 0.3 is 0 Å². The van der Waals surface area contributed by atoms with E-state index < -0.39 is 11.9 Å². The summed E-state index contributed by atoms with van der Waals surface area (Å²) in [5.41, 5.74) is 1.87. The molecule has 2 aromatic rings. The van der Waals surface area contributed by atoms with Crippen molar-refractivity contribution in [2.45, 2.75) is 25.2 Å². The molecular formula is C19H18O3. The number of hydrogen-bond acceptors (Lipinski definition) is 3. The summed E-state index contributed by atoms with van der Waals surface area (Å²) in [6.07, 6.45) is 2.20. The summed E-state index contributed by atoms with van der Waals surface area (Å²) in [5.74, 6) is -0.132. The largest absolute Gasteiger partial charge is 0.365 e. The quantitative estimate of drug-likeness (QED) is 0.943. The van der Waals surface area contributed by atoms with Crippen molar-refractivity contribution >= 4 is 5.78 Å². The van der Waals surface area contributed by atoms with E-state index in [4.69, 9.17) is 4.74 Å². The minimum Gasteiger partial charge on any atom is -0.365 e. The van der Waals surface area contributed by atoms with Gasteiger partial charge in [-0.2, -0.15) is 0 Å². The van der Waals surface area contributed by atoms with Gasteiger partial charge in [0.2, 0.25) is 0 Å². The van der Waals surface area contributed by atoms with E-state index in [1.165, 1.54) is 12.2 Å². The van der Waals surface area contributed by atoms with Crippen LogP contribution >= 0.6 is 0 Å². The van der Waals surface area contributed by atoms with Gasteiger partial charge in [0.1, 0.15) is 0 Å². The minimum absolute atomic E-state index is 0.132. The molecule has 0 radical (unpaired) electrons. The molecule has 0 saturated carbocycles. The van der Waals surface area contributed by atoms with E-state index in [9.17, 15) is 9.90 Å². The van der Waals surface area contributed by atoms with Crippen LogP contribution in [-0.4, -0.2) is 17.2 Å². The average molecular weight is 294 g/mol. The number of benzene rings is 2. The van der Waals surface area contributed by atoms with E-state index in [0.29, 0.717) is 6.42 Å². The molecule has 1 aliphatic heterocycles. The smallest absolute Gasteiger partial charge is 0.192 e. The van der Waals surface area contributed by atoms with Gasteiger partial charge in [0, 0.05) is 0 Å². The van der Waals surface area contributed by atoms with Gasteiger partial charge in [-0.3, -0.25) is 4.79 Å². The van der Waals surface area contributed by atoms with Crippen LogP contribution in [0, 0.1) is 0 Å². The Balaban J connectivity index is 1.98. The first-order valence-corrected chi connectivity index (χ1v) is 7.40. The van der Waals surface area contributed by atoms with Crippen LogP contribution in [0.4, 0.5) is 0 Å². The van der Waals surface area contributed by atoms with Crippen molar-refractivity contribution in [3.63, 3.8) is 0 Å². The van der Waals surface area contributed by atoms with Crippen molar-refractivity contribution in [1.82, 2.24) is 0 Å². The lowest BCUT2D eigenvalue weighted by Gasteiger charge is -2.35. The SMILES string of the molecule is CC[C@]1(c2ccc(-c3ccccc3)cc2)O[C@H](O)C=CC1=O. The predicted octanol–water partition coefficient (Wildman–Crippen LogP) is 3.43. The van der Waals surface area contributed by atoms with Crippen LogP contribution in [0.1, 0.15) is 18.9 Å². The van der Waals surface area contributed by atoms with E-state index in [0.717, 1.165) is 16.7 Å². The molecule has 112 valence electrons. The number of ketones is 1. The molecular weight excluding hydrogens is 276 g/mol. The van der Waals surface area contributed by atoms with Gasteiger partial charge < -0.3 is 9.84 Å². The van der Waals surface area contributed by atoms with E-state index >= 15 is 0 Å². The van der Waals surface area contributed by atoms with Crippen LogP contribution in [0.5, 0.6) is 0 Å². The molecule has 0 saturated heterocycles. The first kappa shape index (κ1) is 14.7. The monoisotopic (exact) mass is 294 g/mol. The summed E-state index contributed by atoms with van der Waals surface area (Å²) in [7, 11) is 0. The first-order valence-electron chi connectivity index (χ1n) is 7.40. The zero-order valence-electron chi connectivity index (χ0n) is 12.4. The maximum absolute atomic E-state index is 12.3. The number of carbonyl (C=O) groups is 1. The second-order valence-corrected chi connectivity index (χ2v) is 5.36. The fourth-order valence-electron chi connectivity index (χ4n) is 2.84. The van der Waals surface area contributed by atoms with Crippen molar-refractivity contribution in [1.29, 1.82) is 0 Å². The molecule has 0 aromatic heterocycles. The van der Waals surface area contributed by atoms with Crippen molar-refractivity contribution in [3.05, 3.63) is 72.3 Å². The summed E-state index contributed by atoms with van der Waals surface area (Å²) in [4.78, 5) is 12.3. The average Bonchev–Trinajstić information content (AvgIpc) is 2.58. The number of carbonyl (C=O) groups excluding carboxylic acids is 1. The topological polar surface area (TPSA) is 46.5 Å². The highest BCUT2D eigenvalue weighted by molar-refractivity contribution is 5.98. The standard InChI is InChI=1S/C19H18O3/c1-2-19(17(20)12-13-18(21)22-19)16-10-8-15(9-11-16)14-6-4-3-5-7-14/h3-13,18,21H,2H2,1H3/t18-,19+/m0/s1. The second kappa shape index (κ2) is 5.87. The summed E-state index contributed by atoms with van der Waals surface area (Å²) < 4.78 is 5.59. The molecule has 1 heterocycles. The minimum atomic E-state index is -1.09. The van der Waals surface area contributed by atoms with Crippen LogP contribution in [0.3, 0.4) is 0 Å². The molecule has 0 bridgehead atoms. The van der Waals surface area contributed by atoms with Gasteiger partial charge in [0.15, 0.2) is 17.7 Å². The lowest BCUT2D eigenvalue weighted by atomic mass is 9.84. The molecule has 3 nitrogen and oxygen atoms in total. The number of ether oxygens (including phenoxy) is 1. The summed E-state index contributed by atoms with van der Waals surface area (Å²) in [5, 5.41) is 9.73. The number of rotatable bonds is 3. The highest BCUT2D eigenvalue weighted by Crippen LogP contribution is 2.35. The Morgan fingerprint density at radius 3 is 2.32 bits per heavy atom. The summed E-state index contributed by atoms with van der Waals surface area (Å²) >= 11 is 0. The van der Waals surface area contributed by atoms with Crippen LogP contribution in [0.25, 0.3) is 11.1 Å². The number of aliphatic hydroxyl groups is 1. The maximum Gasteiger partial charge on any atom is 0.192 e. The normalized spacial score (nSPS) is 24.5. The lowest BCUT2D eigenvalue weighted by molar-refractivity contribution is -0.183. The maximum atomic E-state index is 12.3. The van der Waals surface area contributed by atoms with Crippen molar-refractivity contribution in [2.75, 3.05) is 0 Å². The molecule has 1 aliphatic rings. The Morgan fingerprint density at radius 1 is 1.05 bits per heavy atom. The van der Waals surface area contributed by atoms with Gasteiger partial charge in [-0.05, 0) is 35.3 Å². The van der Waals surface area contributed by atoms with E-state index in [1.54, 1.807) is 0 Å². The predicted molar refractivity (Wildman–Crippen MR) is 85.1 cm³/mol. The fourth-order valence-corrected chi connectivity index (χ4v) is 2.84. The highest BCUT2D eigenvalue weighted by Gasteiger charge is 2.42. The lowest BCUT2D eigenvalue weighted by Crippen LogP contribution is -2.43. The van der Waals surface area contributed by atoms with E-state index in [2.05, 4.69) is 0 Å². The second-order valence-electron chi connectivity index (χ2n) is 5.36. The third kappa shape index (κ3) is 2.49. The van der Waals surface area contributed by atoms with Gasteiger partial charge in [0.25, 0.3) is 0 Å². The molecule has 2 atom stereocenters. The number of aliphatic hydroxyl groups excluding tert-OH is 1. The third-order valence-corrected chi connectivity index (χ3v) is 4.09.